The minimum absolute atomic E-state index is 0.0140. The first-order valence-electron chi connectivity index (χ1n) is 18.9. The predicted octanol–water partition coefficient (Wildman–Crippen LogP) is 5.70. The number of rotatable bonds is 13. The molecule has 2 heterocycles. The Hall–Kier alpha value is -3.38. The maximum Gasteiger partial charge on any atom is 0.410 e. The van der Waals surface area contributed by atoms with Gasteiger partial charge in [0.05, 0.1) is 30.2 Å². The molecule has 5 rings (SSSR count). The number of hydrogen-bond acceptors (Lipinski definition) is 8. The van der Waals surface area contributed by atoms with Crippen molar-refractivity contribution >= 4 is 35.2 Å². The molecular formula is C39H60N4O8. The van der Waals surface area contributed by atoms with Gasteiger partial charge < -0.3 is 39.0 Å². The minimum Gasteiger partial charge on any atom is -0.476 e. The highest BCUT2D eigenvalue weighted by atomic mass is 16.6. The number of carbonyl (C=O) groups is 4. The summed E-state index contributed by atoms with van der Waals surface area (Å²) < 4.78 is 22.7. The SMILES string of the molecule is COCCCN1C(=O)C(C)(C)Oc2ccc(N(C(=O)[C@@H]3C[C@H](C(=O)NC(COC)CC4CCCCC4)CN(C(=O)OC(C)(C)C)C3)C3CC3)cc21. The molecule has 0 bridgehead atoms. The molecule has 1 saturated heterocycles. The van der Waals surface area contributed by atoms with Crippen LogP contribution in [-0.4, -0.2) is 99.1 Å². The summed E-state index contributed by atoms with van der Waals surface area (Å²) in [5, 5.41) is 3.24. The monoisotopic (exact) mass is 712 g/mol. The first-order valence-corrected chi connectivity index (χ1v) is 18.9. The standard InChI is InChI=1S/C39H60N4O8/c1-38(2,3)51-37(47)41-23-27(34(44)40-29(25-49-7)20-26-12-9-8-10-13-26)21-28(24-41)35(45)43(30-14-15-30)31-16-17-33-32(22-31)42(18-11-19-48-6)36(46)39(4,5)50-33/h16-17,22,26-30H,8-15,18-21,23-25H2,1-7H3,(H,40,44)/t27-,28+,29?/m0/s1. The highest BCUT2D eigenvalue weighted by molar-refractivity contribution is 6.04. The van der Waals surface area contributed by atoms with Crippen LogP contribution in [-0.2, 0) is 28.6 Å². The average Bonchev–Trinajstić information content (AvgIpc) is 3.91. The molecule has 1 unspecified atom stereocenters. The van der Waals surface area contributed by atoms with Crippen LogP contribution in [0.15, 0.2) is 18.2 Å². The van der Waals surface area contributed by atoms with Crippen LogP contribution in [0.3, 0.4) is 0 Å². The molecule has 12 heteroatoms. The van der Waals surface area contributed by atoms with Crippen molar-refractivity contribution in [1.29, 1.82) is 0 Å². The third-order valence-electron chi connectivity index (χ3n) is 10.4. The van der Waals surface area contributed by atoms with E-state index in [0.717, 1.165) is 32.1 Å². The van der Waals surface area contributed by atoms with Gasteiger partial charge in [0.2, 0.25) is 11.8 Å². The van der Waals surface area contributed by atoms with Crippen molar-refractivity contribution in [3.05, 3.63) is 18.2 Å². The number of amides is 4. The number of fused-ring (bicyclic) bond motifs is 1. The van der Waals surface area contributed by atoms with E-state index >= 15 is 0 Å². The Labute approximate surface area is 303 Å². The summed E-state index contributed by atoms with van der Waals surface area (Å²) in [6.07, 6.45) is 8.95. The van der Waals surface area contributed by atoms with Crippen molar-refractivity contribution < 1.29 is 38.1 Å². The molecule has 4 amide bonds. The maximum atomic E-state index is 14.7. The minimum atomic E-state index is -1.03. The first-order chi connectivity index (χ1) is 24.2. The van der Waals surface area contributed by atoms with Crippen molar-refractivity contribution in [3.8, 4) is 5.75 Å². The van der Waals surface area contributed by atoms with Gasteiger partial charge in [0, 0.05) is 52.2 Å². The number of carbonyl (C=O) groups excluding carboxylic acids is 4. The quantitative estimate of drug-likeness (QED) is 0.259. The number of hydrogen-bond donors (Lipinski definition) is 1. The Morgan fingerprint density at radius 3 is 2.37 bits per heavy atom. The number of nitrogens with one attached hydrogen (secondary N) is 1. The van der Waals surface area contributed by atoms with E-state index < -0.39 is 29.1 Å². The van der Waals surface area contributed by atoms with E-state index in [1.165, 1.54) is 24.2 Å². The number of ether oxygens (including phenoxy) is 4. The van der Waals surface area contributed by atoms with Gasteiger partial charge in [-0.15, -0.1) is 0 Å². The number of nitrogens with zero attached hydrogens (tertiary/aromatic N) is 3. The Morgan fingerprint density at radius 2 is 1.73 bits per heavy atom. The molecule has 0 radical (unpaired) electrons. The third kappa shape index (κ3) is 9.94. The first kappa shape index (κ1) is 38.8. The van der Waals surface area contributed by atoms with Gasteiger partial charge in [-0.25, -0.2) is 4.79 Å². The molecular weight excluding hydrogens is 652 g/mol. The summed E-state index contributed by atoms with van der Waals surface area (Å²) in [5.41, 5.74) is -0.488. The molecule has 1 aromatic carbocycles. The lowest BCUT2D eigenvalue weighted by molar-refractivity contribution is -0.133. The summed E-state index contributed by atoms with van der Waals surface area (Å²) in [6.45, 7) is 10.6. The van der Waals surface area contributed by atoms with Crippen LogP contribution >= 0.6 is 0 Å². The summed E-state index contributed by atoms with van der Waals surface area (Å²) in [4.78, 5) is 60.7. The molecule has 1 aromatic rings. The van der Waals surface area contributed by atoms with Crippen LogP contribution in [0.4, 0.5) is 16.2 Å². The van der Waals surface area contributed by atoms with Gasteiger partial charge in [-0.05, 0) is 90.8 Å². The molecule has 284 valence electrons. The lowest BCUT2D eigenvalue weighted by atomic mass is 9.84. The second-order valence-electron chi connectivity index (χ2n) is 16.4. The van der Waals surface area contributed by atoms with Gasteiger partial charge in [-0.3, -0.25) is 14.4 Å². The second-order valence-corrected chi connectivity index (χ2v) is 16.4. The number of anilines is 2. The van der Waals surface area contributed by atoms with Gasteiger partial charge in [0.1, 0.15) is 11.4 Å². The van der Waals surface area contributed by atoms with E-state index in [1.54, 1.807) is 53.7 Å². The number of benzene rings is 1. The highest BCUT2D eigenvalue weighted by Crippen LogP contribution is 2.43. The molecule has 0 aromatic heterocycles. The normalized spacial score (nSPS) is 22.8. The summed E-state index contributed by atoms with van der Waals surface area (Å²) in [7, 11) is 3.28. The summed E-state index contributed by atoms with van der Waals surface area (Å²) in [6, 6.07) is 5.41. The molecule has 0 spiro atoms. The predicted molar refractivity (Wildman–Crippen MR) is 195 cm³/mol. The molecule has 1 N–H and O–H groups in total. The average molecular weight is 713 g/mol. The van der Waals surface area contributed by atoms with E-state index in [1.807, 2.05) is 23.1 Å². The van der Waals surface area contributed by atoms with Crippen molar-refractivity contribution in [2.75, 3.05) is 56.9 Å². The largest absolute Gasteiger partial charge is 0.476 e. The van der Waals surface area contributed by atoms with E-state index in [9.17, 15) is 19.2 Å². The molecule has 3 atom stereocenters. The molecule has 12 nitrogen and oxygen atoms in total. The van der Waals surface area contributed by atoms with Gasteiger partial charge in [0.25, 0.3) is 5.91 Å². The zero-order valence-electron chi connectivity index (χ0n) is 31.8. The van der Waals surface area contributed by atoms with Gasteiger partial charge in [-0.2, -0.15) is 0 Å². The van der Waals surface area contributed by atoms with Gasteiger partial charge in [0.15, 0.2) is 5.60 Å². The van der Waals surface area contributed by atoms with Crippen LogP contribution in [0.5, 0.6) is 5.75 Å². The third-order valence-corrected chi connectivity index (χ3v) is 10.4. The molecule has 51 heavy (non-hydrogen) atoms. The lowest BCUT2D eigenvalue weighted by Crippen LogP contribution is -2.55. The second kappa shape index (κ2) is 16.5. The fourth-order valence-electron chi connectivity index (χ4n) is 7.80. The van der Waals surface area contributed by atoms with Crippen LogP contribution in [0.25, 0.3) is 0 Å². The maximum absolute atomic E-state index is 14.7. The smallest absolute Gasteiger partial charge is 0.410 e. The van der Waals surface area contributed by atoms with E-state index in [-0.39, 0.29) is 42.9 Å². The highest BCUT2D eigenvalue weighted by Gasteiger charge is 2.45. The Morgan fingerprint density at radius 1 is 1.02 bits per heavy atom. The van der Waals surface area contributed by atoms with E-state index in [2.05, 4.69) is 5.32 Å². The van der Waals surface area contributed by atoms with Crippen LogP contribution in [0.1, 0.15) is 98.8 Å². The number of piperidine rings is 1. The van der Waals surface area contributed by atoms with Crippen LogP contribution in [0.2, 0.25) is 0 Å². The van der Waals surface area contributed by atoms with Crippen LogP contribution < -0.4 is 19.9 Å². The Bertz CT molecular complexity index is 1400. The Balaban J connectivity index is 1.40. The molecule has 2 aliphatic carbocycles. The van der Waals surface area contributed by atoms with Gasteiger partial charge in [-0.1, -0.05) is 32.1 Å². The molecule has 2 aliphatic heterocycles. The summed E-state index contributed by atoms with van der Waals surface area (Å²) in [5.74, 6) is -0.577. The van der Waals surface area contributed by atoms with Crippen molar-refractivity contribution in [2.45, 2.75) is 122 Å². The zero-order valence-corrected chi connectivity index (χ0v) is 31.8. The molecule has 3 fully saturated rings. The lowest BCUT2D eigenvalue weighted by Gasteiger charge is -2.41. The molecule has 4 aliphatic rings. The zero-order chi connectivity index (χ0) is 36.9. The van der Waals surface area contributed by atoms with Gasteiger partial charge >= 0.3 is 6.09 Å². The number of likely N-dealkylation sites (tertiary alicyclic amines) is 1. The fourth-order valence-corrected chi connectivity index (χ4v) is 7.80. The summed E-state index contributed by atoms with van der Waals surface area (Å²) >= 11 is 0. The van der Waals surface area contributed by atoms with E-state index in [0.29, 0.717) is 55.6 Å². The van der Waals surface area contributed by atoms with Crippen LogP contribution in [0, 0.1) is 17.8 Å². The van der Waals surface area contributed by atoms with Crippen molar-refractivity contribution in [3.63, 3.8) is 0 Å². The van der Waals surface area contributed by atoms with Crippen molar-refractivity contribution in [2.24, 2.45) is 17.8 Å². The fraction of sp³-hybridized carbons (Fsp3) is 0.744. The topological polar surface area (TPSA) is 127 Å². The number of methoxy groups -OCH3 is 2. The molecule has 2 saturated carbocycles. The Kier molecular flexibility index (Phi) is 12.6. The van der Waals surface area contributed by atoms with Crippen molar-refractivity contribution in [1.82, 2.24) is 10.2 Å². The van der Waals surface area contributed by atoms with E-state index in [4.69, 9.17) is 18.9 Å².